The molecule has 0 spiro atoms. The van der Waals surface area contributed by atoms with E-state index in [1.807, 2.05) is 0 Å². The van der Waals surface area contributed by atoms with Gasteiger partial charge in [-0.3, -0.25) is 4.57 Å². The van der Waals surface area contributed by atoms with Gasteiger partial charge in [0, 0.05) is 19.6 Å². The molecule has 0 amide bonds. The highest BCUT2D eigenvalue weighted by molar-refractivity contribution is 4.90. The van der Waals surface area contributed by atoms with Gasteiger partial charge in [-0.1, -0.05) is 20.3 Å². The Morgan fingerprint density at radius 3 is 3.07 bits per heavy atom. The maximum Gasteiger partial charge on any atom is 0.346 e. The molecule has 84 valence electrons. The Kier molecular flexibility index (Phi) is 2.90. The van der Waals surface area contributed by atoms with Gasteiger partial charge in [-0.25, -0.2) is 9.48 Å². The summed E-state index contributed by atoms with van der Waals surface area (Å²) in [5.74, 6) is 1.38. The number of nitrogens with zero attached hydrogens (tertiary/aromatic N) is 3. The van der Waals surface area contributed by atoms with Crippen LogP contribution in [0.4, 0.5) is 0 Å². The van der Waals surface area contributed by atoms with Crippen LogP contribution in [0.1, 0.15) is 26.1 Å². The molecule has 1 aliphatic heterocycles. The lowest BCUT2D eigenvalue weighted by Crippen LogP contribution is -2.34. The van der Waals surface area contributed by atoms with Crippen LogP contribution in [-0.4, -0.2) is 20.9 Å². The molecule has 0 fully saturated rings. The summed E-state index contributed by atoms with van der Waals surface area (Å²) in [6.07, 6.45) is 1.08. The van der Waals surface area contributed by atoms with Crippen LogP contribution in [0, 0.1) is 5.92 Å². The van der Waals surface area contributed by atoms with Gasteiger partial charge in [0.15, 0.2) is 0 Å². The van der Waals surface area contributed by atoms with E-state index in [1.165, 1.54) is 0 Å². The first-order chi connectivity index (χ1) is 7.22. The normalized spacial score (nSPS) is 17.5. The van der Waals surface area contributed by atoms with E-state index in [0.29, 0.717) is 12.5 Å². The first-order valence-electron chi connectivity index (χ1n) is 5.59. The molecule has 1 aromatic heterocycles. The number of hydrogen-bond donors (Lipinski definition) is 1. The molecule has 1 N–H and O–H groups in total. The minimum atomic E-state index is 0.0480. The molecule has 5 nitrogen and oxygen atoms in total. The van der Waals surface area contributed by atoms with E-state index >= 15 is 0 Å². The van der Waals surface area contributed by atoms with Gasteiger partial charge >= 0.3 is 5.69 Å². The average Bonchev–Trinajstić information content (AvgIpc) is 2.57. The molecule has 1 aliphatic rings. The summed E-state index contributed by atoms with van der Waals surface area (Å²) in [6.45, 7) is 7.32. The van der Waals surface area contributed by atoms with Crippen LogP contribution < -0.4 is 11.0 Å². The second-order valence-corrected chi connectivity index (χ2v) is 4.22. The Morgan fingerprint density at radius 1 is 1.60 bits per heavy atom. The van der Waals surface area contributed by atoms with Gasteiger partial charge in [-0.05, 0) is 5.92 Å². The van der Waals surface area contributed by atoms with Crippen LogP contribution in [0.15, 0.2) is 4.79 Å². The maximum atomic E-state index is 11.9. The van der Waals surface area contributed by atoms with Crippen LogP contribution >= 0.6 is 0 Å². The predicted molar refractivity (Wildman–Crippen MR) is 57.6 cm³/mol. The molecule has 1 aromatic rings. The molecule has 2 heterocycles. The van der Waals surface area contributed by atoms with Crippen molar-refractivity contribution >= 4 is 0 Å². The highest BCUT2D eigenvalue weighted by Gasteiger charge is 2.16. The van der Waals surface area contributed by atoms with Crippen molar-refractivity contribution in [2.24, 2.45) is 5.92 Å². The van der Waals surface area contributed by atoms with Crippen molar-refractivity contribution in [3.05, 3.63) is 16.3 Å². The zero-order chi connectivity index (χ0) is 10.8. The first-order valence-corrected chi connectivity index (χ1v) is 5.59. The minimum Gasteiger partial charge on any atom is -0.308 e. The fourth-order valence-corrected chi connectivity index (χ4v) is 1.78. The lowest BCUT2D eigenvalue weighted by atomic mass is 10.1. The number of fused-ring (bicyclic) bond motifs is 1. The van der Waals surface area contributed by atoms with Crippen LogP contribution in [0.25, 0.3) is 0 Å². The Balaban J connectivity index is 2.25. The van der Waals surface area contributed by atoms with E-state index in [9.17, 15) is 4.79 Å². The largest absolute Gasteiger partial charge is 0.346 e. The zero-order valence-corrected chi connectivity index (χ0v) is 9.36. The number of nitrogens with one attached hydrogen (secondary N) is 1. The van der Waals surface area contributed by atoms with Crippen molar-refractivity contribution in [3.63, 3.8) is 0 Å². The van der Waals surface area contributed by atoms with E-state index in [2.05, 4.69) is 24.3 Å². The molecule has 0 aliphatic carbocycles. The smallest absolute Gasteiger partial charge is 0.308 e. The fraction of sp³-hybridized carbons (Fsp3) is 0.800. The Bertz CT molecular complexity index is 393. The summed E-state index contributed by atoms with van der Waals surface area (Å²) in [5, 5.41) is 7.56. The summed E-state index contributed by atoms with van der Waals surface area (Å²) >= 11 is 0. The molecule has 15 heavy (non-hydrogen) atoms. The van der Waals surface area contributed by atoms with E-state index in [4.69, 9.17) is 0 Å². The number of rotatable bonds is 3. The van der Waals surface area contributed by atoms with Gasteiger partial charge in [0.2, 0.25) is 0 Å². The monoisotopic (exact) mass is 210 g/mol. The molecule has 1 unspecified atom stereocenters. The molecule has 0 bridgehead atoms. The van der Waals surface area contributed by atoms with E-state index in [-0.39, 0.29) is 5.69 Å². The van der Waals surface area contributed by atoms with Crippen molar-refractivity contribution < 1.29 is 0 Å². The van der Waals surface area contributed by atoms with Gasteiger partial charge in [0.1, 0.15) is 5.82 Å². The second-order valence-electron chi connectivity index (χ2n) is 4.22. The van der Waals surface area contributed by atoms with Crippen molar-refractivity contribution in [2.45, 2.75) is 39.9 Å². The fourth-order valence-electron chi connectivity index (χ4n) is 1.78. The first kappa shape index (κ1) is 10.4. The highest BCUT2D eigenvalue weighted by Crippen LogP contribution is 2.04. The van der Waals surface area contributed by atoms with Gasteiger partial charge in [-0.15, -0.1) is 0 Å². The molecule has 0 saturated heterocycles. The zero-order valence-electron chi connectivity index (χ0n) is 9.36. The molecule has 2 rings (SSSR count). The van der Waals surface area contributed by atoms with E-state index in [0.717, 1.165) is 31.9 Å². The maximum absolute atomic E-state index is 11.9. The van der Waals surface area contributed by atoms with Crippen molar-refractivity contribution in [3.8, 4) is 0 Å². The SMILES string of the molecule is CCC(C)Cn1nc2n(c1=O)CCNC2. The molecule has 1 atom stereocenters. The van der Waals surface area contributed by atoms with Crippen LogP contribution in [0.2, 0.25) is 0 Å². The van der Waals surface area contributed by atoms with Crippen LogP contribution in [0.5, 0.6) is 0 Å². The topological polar surface area (TPSA) is 51.9 Å². The van der Waals surface area contributed by atoms with Gasteiger partial charge < -0.3 is 5.32 Å². The summed E-state index contributed by atoms with van der Waals surface area (Å²) in [5.41, 5.74) is 0.0480. The Labute approximate surface area is 89.1 Å². The van der Waals surface area contributed by atoms with E-state index < -0.39 is 0 Å². The number of aromatic nitrogens is 3. The molecule has 0 saturated carbocycles. The molecule has 5 heteroatoms. The lowest BCUT2D eigenvalue weighted by molar-refractivity contribution is 0.426. The van der Waals surface area contributed by atoms with Gasteiger partial charge in [0.25, 0.3) is 0 Å². The van der Waals surface area contributed by atoms with Crippen LogP contribution in [0.3, 0.4) is 0 Å². The highest BCUT2D eigenvalue weighted by atomic mass is 16.2. The molecule has 0 aromatic carbocycles. The third kappa shape index (κ3) is 1.97. The quantitative estimate of drug-likeness (QED) is 0.775. The average molecular weight is 210 g/mol. The third-order valence-electron chi connectivity index (χ3n) is 2.98. The minimum absolute atomic E-state index is 0.0480. The van der Waals surface area contributed by atoms with Gasteiger partial charge in [-0.2, -0.15) is 5.10 Å². The molecule has 0 radical (unpaired) electrons. The van der Waals surface area contributed by atoms with Crippen LogP contribution in [-0.2, 0) is 19.6 Å². The lowest BCUT2D eigenvalue weighted by Gasteiger charge is -2.11. The summed E-state index contributed by atoms with van der Waals surface area (Å²) in [6, 6.07) is 0. The second kappa shape index (κ2) is 4.18. The van der Waals surface area contributed by atoms with Crippen molar-refractivity contribution in [1.29, 1.82) is 0 Å². The standard InChI is InChI=1S/C10H18N4O/c1-3-8(2)7-14-10(15)13-5-4-11-6-9(13)12-14/h8,11H,3-7H2,1-2H3. The molecular weight excluding hydrogens is 192 g/mol. The third-order valence-corrected chi connectivity index (χ3v) is 2.98. The summed E-state index contributed by atoms with van der Waals surface area (Å²) < 4.78 is 3.38. The number of hydrogen-bond acceptors (Lipinski definition) is 3. The Hall–Kier alpha value is -1.10. The van der Waals surface area contributed by atoms with Gasteiger partial charge in [0.05, 0.1) is 6.54 Å². The molecular formula is C10H18N4O. The predicted octanol–water partition coefficient (Wildman–Crippen LogP) is 0.194. The summed E-state index contributed by atoms with van der Waals surface area (Å²) in [7, 11) is 0. The summed E-state index contributed by atoms with van der Waals surface area (Å²) in [4.78, 5) is 11.9. The Morgan fingerprint density at radius 2 is 2.40 bits per heavy atom. The van der Waals surface area contributed by atoms with E-state index in [1.54, 1.807) is 9.25 Å². The van der Waals surface area contributed by atoms with Crippen molar-refractivity contribution in [2.75, 3.05) is 6.54 Å². The van der Waals surface area contributed by atoms with Crippen molar-refractivity contribution in [1.82, 2.24) is 19.7 Å².